The highest BCUT2D eigenvalue weighted by molar-refractivity contribution is 6.31. The molecule has 1 N–H and O–H groups in total. The number of nitrogens with one attached hydrogen (secondary N) is 1. The summed E-state index contributed by atoms with van der Waals surface area (Å²) >= 11 is 6.01. The van der Waals surface area contributed by atoms with Crippen LogP contribution in [-0.4, -0.2) is 15.5 Å². The Kier molecular flexibility index (Phi) is 5.91. The summed E-state index contributed by atoms with van der Waals surface area (Å²) in [6, 6.07) is 24.5. The molecule has 1 aromatic heterocycles. The molecular weight excluding hydrogens is 398 g/mol. The summed E-state index contributed by atoms with van der Waals surface area (Å²) in [5.74, 6) is -0.259. The van der Waals surface area contributed by atoms with Gasteiger partial charge in [-0.2, -0.15) is 0 Å². The van der Waals surface area contributed by atoms with Gasteiger partial charge in [-0.1, -0.05) is 72.3 Å². The van der Waals surface area contributed by atoms with Gasteiger partial charge in [0.1, 0.15) is 6.54 Å². The average molecular weight is 418 g/mol. The van der Waals surface area contributed by atoms with Crippen molar-refractivity contribution in [3.8, 4) is 0 Å². The molecule has 1 atom stereocenters. The van der Waals surface area contributed by atoms with Crippen LogP contribution in [-0.2, 0) is 17.8 Å². The van der Waals surface area contributed by atoms with Gasteiger partial charge in [-0.15, -0.1) is 0 Å². The summed E-state index contributed by atoms with van der Waals surface area (Å²) in [4.78, 5) is 29.8. The summed E-state index contributed by atoms with van der Waals surface area (Å²) in [5, 5.41) is 3.91. The van der Waals surface area contributed by atoms with Gasteiger partial charge in [-0.05, 0) is 35.7 Å². The summed E-state index contributed by atoms with van der Waals surface area (Å²) in [6.45, 7) is -0.119. The van der Waals surface area contributed by atoms with E-state index in [0.29, 0.717) is 22.3 Å². The van der Waals surface area contributed by atoms with E-state index in [9.17, 15) is 9.59 Å². The number of carbonyl (C=O) groups excluding carboxylic acids is 1. The Balaban J connectivity index is 1.56. The minimum Gasteiger partial charge on any atom is -0.347 e. The lowest BCUT2D eigenvalue weighted by atomic mass is 9.99. The van der Waals surface area contributed by atoms with Crippen molar-refractivity contribution in [3.05, 3.63) is 112 Å². The van der Waals surface area contributed by atoms with Gasteiger partial charge in [-0.25, -0.2) is 4.98 Å². The molecule has 3 aromatic carbocycles. The van der Waals surface area contributed by atoms with E-state index in [1.807, 2.05) is 60.7 Å². The predicted molar refractivity (Wildman–Crippen MR) is 118 cm³/mol. The first-order valence-electron chi connectivity index (χ1n) is 9.63. The third-order valence-corrected chi connectivity index (χ3v) is 5.15. The van der Waals surface area contributed by atoms with E-state index in [1.54, 1.807) is 18.2 Å². The molecule has 0 unspecified atom stereocenters. The first-order valence-corrected chi connectivity index (χ1v) is 10.0. The largest absolute Gasteiger partial charge is 0.347 e. The van der Waals surface area contributed by atoms with Crippen LogP contribution in [0.5, 0.6) is 0 Å². The number of aromatic nitrogens is 2. The summed E-state index contributed by atoms with van der Waals surface area (Å²) in [7, 11) is 0. The number of benzene rings is 3. The highest BCUT2D eigenvalue weighted by Crippen LogP contribution is 2.18. The quantitative estimate of drug-likeness (QED) is 0.512. The Morgan fingerprint density at radius 2 is 1.70 bits per heavy atom. The van der Waals surface area contributed by atoms with Crippen molar-refractivity contribution in [1.82, 2.24) is 14.9 Å². The molecular formula is C24H20ClN3O2. The zero-order valence-electron chi connectivity index (χ0n) is 16.2. The van der Waals surface area contributed by atoms with Crippen molar-refractivity contribution >= 4 is 28.4 Å². The van der Waals surface area contributed by atoms with E-state index in [-0.39, 0.29) is 24.1 Å². The van der Waals surface area contributed by atoms with Crippen LogP contribution in [0.3, 0.4) is 0 Å². The molecule has 0 aliphatic carbocycles. The number of hydrogen-bond acceptors (Lipinski definition) is 3. The van der Waals surface area contributed by atoms with E-state index in [2.05, 4.69) is 10.3 Å². The average Bonchev–Trinajstić information content (AvgIpc) is 2.77. The van der Waals surface area contributed by atoms with Gasteiger partial charge < -0.3 is 5.32 Å². The molecule has 1 amide bonds. The first-order chi connectivity index (χ1) is 14.6. The molecule has 0 aliphatic rings. The molecule has 0 saturated heterocycles. The molecule has 0 bridgehead atoms. The van der Waals surface area contributed by atoms with E-state index < -0.39 is 0 Å². The Hall–Kier alpha value is -3.44. The molecule has 1 heterocycles. The van der Waals surface area contributed by atoms with Crippen molar-refractivity contribution in [3.63, 3.8) is 0 Å². The lowest BCUT2D eigenvalue weighted by Crippen LogP contribution is -2.35. The number of hydrogen-bond donors (Lipinski definition) is 1. The summed E-state index contributed by atoms with van der Waals surface area (Å²) in [5.41, 5.74) is 2.38. The molecule has 0 saturated carbocycles. The molecule has 4 rings (SSSR count). The van der Waals surface area contributed by atoms with Gasteiger partial charge in [0.05, 0.1) is 23.3 Å². The molecule has 6 heteroatoms. The third-order valence-electron chi connectivity index (χ3n) is 4.92. The maximum Gasteiger partial charge on any atom is 0.261 e. The van der Waals surface area contributed by atoms with Crippen LogP contribution in [0.4, 0.5) is 0 Å². The van der Waals surface area contributed by atoms with Crippen molar-refractivity contribution < 1.29 is 4.79 Å². The molecule has 0 aliphatic heterocycles. The van der Waals surface area contributed by atoms with Crippen LogP contribution in [0.1, 0.15) is 17.2 Å². The molecule has 0 spiro atoms. The second-order valence-electron chi connectivity index (χ2n) is 7.06. The minimum absolute atomic E-state index is 0.119. The number of fused-ring (bicyclic) bond motifs is 1. The van der Waals surface area contributed by atoms with Crippen LogP contribution >= 0.6 is 11.6 Å². The van der Waals surface area contributed by atoms with Gasteiger partial charge in [-0.3, -0.25) is 14.2 Å². The molecule has 30 heavy (non-hydrogen) atoms. The van der Waals surface area contributed by atoms with E-state index >= 15 is 0 Å². The maximum atomic E-state index is 12.8. The Bertz CT molecular complexity index is 1220. The van der Waals surface area contributed by atoms with Crippen molar-refractivity contribution in [1.29, 1.82) is 0 Å². The highest BCUT2D eigenvalue weighted by atomic mass is 35.5. The Morgan fingerprint density at radius 1 is 1.00 bits per heavy atom. The standard InChI is InChI=1S/C24H20ClN3O2/c25-19-11-12-21-20(14-19)24(30)28(16-26-21)15-23(29)27-22(18-9-5-2-6-10-18)13-17-7-3-1-4-8-17/h1-12,14,16,22H,13,15H2,(H,27,29)/t22-/m1/s1. The number of rotatable bonds is 6. The van der Waals surface area contributed by atoms with Crippen LogP contribution in [0.15, 0.2) is 90.0 Å². The van der Waals surface area contributed by atoms with Gasteiger partial charge in [0.2, 0.25) is 5.91 Å². The van der Waals surface area contributed by atoms with Gasteiger partial charge in [0.25, 0.3) is 5.56 Å². The van der Waals surface area contributed by atoms with Crippen molar-refractivity contribution in [2.45, 2.75) is 19.0 Å². The molecule has 0 radical (unpaired) electrons. The van der Waals surface area contributed by atoms with E-state index in [0.717, 1.165) is 11.1 Å². The Morgan fingerprint density at radius 3 is 2.43 bits per heavy atom. The summed E-state index contributed by atoms with van der Waals surface area (Å²) < 4.78 is 1.30. The van der Waals surface area contributed by atoms with Crippen LogP contribution < -0.4 is 10.9 Å². The van der Waals surface area contributed by atoms with Crippen molar-refractivity contribution in [2.24, 2.45) is 0 Å². The monoisotopic (exact) mass is 417 g/mol. The lowest BCUT2D eigenvalue weighted by molar-refractivity contribution is -0.122. The zero-order valence-corrected chi connectivity index (χ0v) is 16.9. The Labute approximate surface area is 179 Å². The van der Waals surface area contributed by atoms with Crippen LogP contribution in [0, 0.1) is 0 Å². The molecule has 150 valence electrons. The fourth-order valence-corrected chi connectivity index (χ4v) is 3.60. The summed E-state index contributed by atoms with van der Waals surface area (Å²) in [6.07, 6.45) is 2.05. The third kappa shape index (κ3) is 4.58. The van der Waals surface area contributed by atoms with E-state index in [1.165, 1.54) is 10.9 Å². The minimum atomic E-state index is -0.294. The van der Waals surface area contributed by atoms with Gasteiger partial charge in [0.15, 0.2) is 0 Å². The number of halogens is 1. The van der Waals surface area contributed by atoms with Gasteiger partial charge >= 0.3 is 0 Å². The highest BCUT2D eigenvalue weighted by Gasteiger charge is 2.16. The van der Waals surface area contributed by atoms with E-state index in [4.69, 9.17) is 11.6 Å². The van der Waals surface area contributed by atoms with Gasteiger partial charge in [0, 0.05) is 5.02 Å². The fraction of sp³-hybridized carbons (Fsp3) is 0.125. The SMILES string of the molecule is O=C(Cn1cnc2ccc(Cl)cc2c1=O)N[C@H](Cc1ccccc1)c1ccccc1. The normalized spacial score (nSPS) is 11.9. The maximum absolute atomic E-state index is 12.8. The van der Waals surface area contributed by atoms with Crippen LogP contribution in [0.2, 0.25) is 5.02 Å². The van der Waals surface area contributed by atoms with Crippen molar-refractivity contribution in [2.75, 3.05) is 0 Å². The van der Waals surface area contributed by atoms with Crippen LogP contribution in [0.25, 0.3) is 10.9 Å². The topological polar surface area (TPSA) is 64.0 Å². The molecule has 5 nitrogen and oxygen atoms in total. The fourth-order valence-electron chi connectivity index (χ4n) is 3.43. The second kappa shape index (κ2) is 8.93. The smallest absolute Gasteiger partial charge is 0.261 e. The number of amides is 1. The lowest BCUT2D eigenvalue weighted by Gasteiger charge is -2.20. The zero-order chi connectivity index (χ0) is 20.9. The number of carbonyl (C=O) groups is 1. The predicted octanol–water partition coefficient (Wildman–Crippen LogP) is 4.15. The number of nitrogens with zero attached hydrogens (tertiary/aromatic N) is 2. The molecule has 0 fully saturated rings. The molecule has 4 aromatic rings. The first kappa shape index (κ1) is 19.9. The second-order valence-corrected chi connectivity index (χ2v) is 7.50.